The Labute approximate surface area is 125 Å². The zero-order chi connectivity index (χ0) is 14.8. The highest BCUT2D eigenvalue weighted by Gasteiger charge is 2.10. The molecule has 20 heavy (non-hydrogen) atoms. The van der Waals surface area contributed by atoms with Crippen LogP contribution in [0.15, 0.2) is 24.5 Å². The number of pyridine rings is 1. The van der Waals surface area contributed by atoms with Gasteiger partial charge >= 0.3 is 0 Å². The summed E-state index contributed by atoms with van der Waals surface area (Å²) in [5.41, 5.74) is 1.43. The van der Waals surface area contributed by atoms with Gasteiger partial charge in [-0.05, 0) is 97.0 Å². The van der Waals surface area contributed by atoms with Gasteiger partial charge in [0.05, 0.1) is 0 Å². The van der Waals surface area contributed by atoms with Crippen molar-refractivity contribution < 1.29 is 0 Å². The number of hydrogen-bond acceptors (Lipinski definition) is 3. The van der Waals surface area contributed by atoms with Crippen LogP contribution in [-0.2, 0) is 6.42 Å². The normalized spacial score (nSPS) is 11.8. The minimum absolute atomic E-state index is 0.803. The highest BCUT2D eigenvalue weighted by atomic mass is 15.0. The Kier molecular flexibility index (Phi) is 8.47. The summed E-state index contributed by atoms with van der Waals surface area (Å²) in [4.78, 5) is 8.67. The molecule has 0 aliphatic heterocycles. The smallest absolute Gasteiger partial charge is 0.0270 e. The Morgan fingerprint density at radius 2 is 1.40 bits per heavy atom. The third-order valence-corrected chi connectivity index (χ3v) is 3.71. The maximum atomic E-state index is 4.11. The molecule has 0 bridgehead atoms. The second-order valence-electron chi connectivity index (χ2n) is 6.32. The maximum Gasteiger partial charge on any atom is 0.0270 e. The van der Waals surface area contributed by atoms with E-state index in [2.05, 4.69) is 55.1 Å². The van der Waals surface area contributed by atoms with E-state index in [9.17, 15) is 0 Å². The molecule has 0 unspecified atom stereocenters. The molecule has 0 amide bonds. The molecule has 0 aliphatic rings. The van der Waals surface area contributed by atoms with Gasteiger partial charge in [0, 0.05) is 12.4 Å². The van der Waals surface area contributed by atoms with Crippen LogP contribution in [0.25, 0.3) is 0 Å². The first-order chi connectivity index (χ1) is 9.58. The van der Waals surface area contributed by atoms with Crippen molar-refractivity contribution in [3.63, 3.8) is 0 Å². The minimum Gasteiger partial charge on any atom is -0.309 e. The Morgan fingerprint density at radius 3 is 1.85 bits per heavy atom. The van der Waals surface area contributed by atoms with Gasteiger partial charge in [0.1, 0.15) is 0 Å². The molecule has 0 atom stereocenters. The molecule has 1 rings (SSSR count). The molecular weight excluding hydrogens is 246 g/mol. The van der Waals surface area contributed by atoms with Gasteiger partial charge in [-0.2, -0.15) is 0 Å². The van der Waals surface area contributed by atoms with Crippen molar-refractivity contribution in [2.24, 2.45) is 5.92 Å². The molecular formula is C17H31N3. The summed E-state index contributed by atoms with van der Waals surface area (Å²) in [6, 6.07) is 4.32. The first-order valence-corrected chi connectivity index (χ1v) is 7.76. The van der Waals surface area contributed by atoms with E-state index >= 15 is 0 Å². The quantitative estimate of drug-likeness (QED) is 0.655. The van der Waals surface area contributed by atoms with Crippen LogP contribution >= 0.6 is 0 Å². The molecule has 0 aromatic carbocycles. The lowest BCUT2D eigenvalue weighted by Gasteiger charge is -2.19. The summed E-state index contributed by atoms with van der Waals surface area (Å²) in [5.74, 6) is 0.803. The predicted molar refractivity (Wildman–Crippen MR) is 87.0 cm³/mol. The van der Waals surface area contributed by atoms with E-state index in [-0.39, 0.29) is 0 Å². The molecule has 0 N–H and O–H groups in total. The largest absolute Gasteiger partial charge is 0.309 e. The van der Waals surface area contributed by atoms with Gasteiger partial charge in [-0.1, -0.05) is 0 Å². The van der Waals surface area contributed by atoms with E-state index in [1.54, 1.807) is 0 Å². The zero-order valence-corrected chi connectivity index (χ0v) is 13.7. The fourth-order valence-electron chi connectivity index (χ4n) is 2.59. The predicted octanol–water partition coefficient (Wildman–Crippen LogP) is 2.92. The van der Waals surface area contributed by atoms with Gasteiger partial charge in [-0.15, -0.1) is 0 Å². The van der Waals surface area contributed by atoms with Crippen LogP contribution in [0, 0.1) is 5.92 Å². The number of hydrogen-bond donors (Lipinski definition) is 0. The van der Waals surface area contributed by atoms with Gasteiger partial charge in [0.2, 0.25) is 0 Å². The number of nitrogens with zero attached hydrogens (tertiary/aromatic N) is 3. The summed E-state index contributed by atoms with van der Waals surface area (Å²) in [5, 5.41) is 0. The van der Waals surface area contributed by atoms with Crippen molar-refractivity contribution in [3.8, 4) is 0 Å². The molecule has 114 valence electrons. The molecule has 0 aliphatic carbocycles. The van der Waals surface area contributed by atoms with Crippen molar-refractivity contribution in [1.29, 1.82) is 0 Å². The highest BCUT2D eigenvalue weighted by Crippen LogP contribution is 2.19. The van der Waals surface area contributed by atoms with Crippen LogP contribution in [0.5, 0.6) is 0 Å². The van der Waals surface area contributed by atoms with Gasteiger partial charge in [-0.25, -0.2) is 0 Å². The summed E-state index contributed by atoms with van der Waals surface area (Å²) < 4.78 is 0. The fourth-order valence-corrected chi connectivity index (χ4v) is 2.59. The molecule has 0 fully saturated rings. The van der Waals surface area contributed by atoms with Crippen LogP contribution in [-0.4, -0.2) is 56.1 Å². The SMILES string of the molecule is CN(C)CCCC(CCCN(C)C)Cc1ccncc1. The highest BCUT2D eigenvalue weighted by molar-refractivity contribution is 5.10. The molecule has 0 spiro atoms. The average Bonchev–Trinajstić information content (AvgIpc) is 2.38. The Balaban J connectivity index is 2.41. The van der Waals surface area contributed by atoms with Gasteiger partial charge in [0.25, 0.3) is 0 Å². The van der Waals surface area contributed by atoms with Crippen LogP contribution in [0.4, 0.5) is 0 Å². The number of aromatic nitrogens is 1. The summed E-state index contributed by atoms with van der Waals surface area (Å²) in [6.45, 7) is 2.39. The summed E-state index contributed by atoms with van der Waals surface area (Å²) in [7, 11) is 8.63. The van der Waals surface area contributed by atoms with Gasteiger partial charge in [0.15, 0.2) is 0 Å². The van der Waals surface area contributed by atoms with E-state index in [0.717, 1.165) is 5.92 Å². The lowest BCUT2D eigenvalue weighted by molar-refractivity contribution is 0.330. The topological polar surface area (TPSA) is 19.4 Å². The van der Waals surface area contributed by atoms with E-state index < -0.39 is 0 Å². The van der Waals surface area contributed by atoms with Crippen molar-refractivity contribution in [2.45, 2.75) is 32.1 Å². The van der Waals surface area contributed by atoms with E-state index in [0.29, 0.717) is 0 Å². The summed E-state index contributed by atoms with van der Waals surface area (Å²) >= 11 is 0. The standard InChI is InChI=1S/C17H31N3/c1-19(2)13-5-7-16(8-6-14-20(3)4)15-17-9-11-18-12-10-17/h9-12,16H,5-8,13-15H2,1-4H3. The van der Waals surface area contributed by atoms with Crippen molar-refractivity contribution >= 4 is 0 Å². The summed E-state index contributed by atoms with van der Waals surface area (Å²) in [6.07, 6.45) is 10.3. The van der Waals surface area contributed by atoms with E-state index in [4.69, 9.17) is 0 Å². The van der Waals surface area contributed by atoms with Crippen molar-refractivity contribution in [1.82, 2.24) is 14.8 Å². The second-order valence-corrected chi connectivity index (χ2v) is 6.32. The van der Waals surface area contributed by atoms with E-state index in [1.807, 2.05) is 12.4 Å². The molecule has 3 heteroatoms. The first kappa shape index (κ1) is 17.1. The van der Waals surface area contributed by atoms with Gasteiger partial charge < -0.3 is 9.80 Å². The van der Waals surface area contributed by atoms with Crippen molar-refractivity contribution in [3.05, 3.63) is 30.1 Å². The zero-order valence-electron chi connectivity index (χ0n) is 13.7. The van der Waals surface area contributed by atoms with Crippen LogP contribution in [0.3, 0.4) is 0 Å². The van der Waals surface area contributed by atoms with Crippen LogP contribution < -0.4 is 0 Å². The lowest BCUT2D eigenvalue weighted by atomic mass is 9.91. The maximum absolute atomic E-state index is 4.11. The third kappa shape index (κ3) is 8.28. The third-order valence-electron chi connectivity index (χ3n) is 3.71. The Morgan fingerprint density at radius 1 is 0.900 bits per heavy atom. The monoisotopic (exact) mass is 277 g/mol. The van der Waals surface area contributed by atoms with Gasteiger partial charge in [-0.3, -0.25) is 4.98 Å². The second kappa shape index (κ2) is 9.89. The molecule has 1 aromatic rings. The minimum atomic E-state index is 0.803. The average molecular weight is 277 g/mol. The molecule has 3 nitrogen and oxygen atoms in total. The molecule has 0 saturated heterocycles. The molecule has 1 aromatic heterocycles. The van der Waals surface area contributed by atoms with E-state index in [1.165, 1.54) is 50.8 Å². The van der Waals surface area contributed by atoms with Crippen LogP contribution in [0.2, 0.25) is 0 Å². The van der Waals surface area contributed by atoms with Crippen LogP contribution in [0.1, 0.15) is 31.2 Å². The van der Waals surface area contributed by atoms with Crippen molar-refractivity contribution in [2.75, 3.05) is 41.3 Å². The Bertz CT molecular complexity index is 321. The lowest BCUT2D eigenvalue weighted by Crippen LogP contribution is -2.17. The molecule has 0 radical (unpaired) electrons. The first-order valence-electron chi connectivity index (χ1n) is 7.76. The molecule has 1 heterocycles. The Hall–Kier alpha value is -0.930. The fraction of sp³-hybridized carbons (Fsp3) is 0.706. The number of rotatable bonds is 10. The molecule has 0 saturated carbocycles.